The Hall–Kier alpha value is -2.16. The minimum absolute atomic E-state index is 0.0233. The van der Waals surface area contributed by atoms with Crippen molar-refractivity contribution in [2.45, 2.75) is 15.8 Å². The molecule has 13 heteroatoms. The second kappa shape index (κ2) is 8.24. The zero-order valence-corrected chi connectivity index (χ0v) is 15.4. The Kier molecular flexibility index (Phi) is 6.46. The summed E-state index contributed by atoms with van der Waals surface area (Å²) in [4.78, 5) is 8.99. The Bertz CT molecular complexity index is 976. The molecule has 2 aromatic carbocycles. The molecule has 0 spiro atoms. The van der Waals surface area contributed by atoms with Crippen molar-refractivity contribution in [3.63, 3.8) is 0 Å². The van der Waals surface area contributed by atoms with Gasteiger partial charge in [0.05, 0.1) is 13.1 Å². The molecule has 3 rings (SSSR count). The first-order chi connectivity index (χ1) is 12.5. The molecule has 148 valence electrons. The van der Waals surface area contributed by atoms with Crippen LogP contribution >= 0.6 is 0 Å². The second-order valence-electron chi connectivity index (χ2n) is 5.58. The maximum Gasteiger partial charge on any atom is 0.295 e. The fourth-order valence-corrected chi connectivity index (χ4v) is 3.90. The van der Waals surface area contributed by atoms with E-state index in [9.17, 15) is 26.9 Å². The summed E-state index contributed by atoms with van der Waals surface area (Å²) in [6.07, 6.45) is 0. The predicted molar refractivity (Wildman–Crippen MR) is 95.2 cm³/mol. The van der Waals surface area contributed by atoms with Gasteiger partial charge in [0.1, 0.15) is 9.79 Å². The highest BCUT2D eigenvalue weighted by Gasteiger charge is 2.21. The number of nitro groups is 1. The second-order valence-corrected chi connectivity index (χ2v) is 8.36. The molecule has 0 bridgehead atoms. The van der Waals surface area contributed by atoms with E-state index in [-0.39, 0.29) is 15.7 Å². The molecule has 1 aliphatic rings. The molecular weight excluding hydrogens is 402 g/mol. The van der Waals surface area contributed by atoms with Gasteiger partial charge in [-0.05, 0) is 12.1 Å². The lowest BCUT2D eigenvalue weighted by atomic mass is 10.1. The zero-order valence-electron chi connectivity index (χ0n) is 13.8. The summed E-state index contributed by atoms with van der Waals surface area (Å²) in [5.41, 5.74) is 0. The normalized spacial score (nSPS) is 15.8. The van der Waals surface area contributed by atoms with Crippen LogP contribution in [0.1, 0.15) is 0 Å². The molecular formula is C14H17N3O8S2. The summed E-state index contributed by atoms with van der Waals surface area (Å²) < 4.78 is 62.7. The van der Waals surface area contributed by atoms with Crippen molar-refractivity contribution >= 4 is 31.0 Å². The molecule has 0 radical (unpaired) electrons. The fourth-order valence-electron chi connectivity index (χ4n) is 2.49. The Morgan fingerprint density at radius 2 is 1.30 bits per heavy atom. The van der Waals surface area contributed by atoms with Crippen LogP contribution in [0.3, 0.4) is 0 Å². The lowest BCUT2D eigenvalue weighted by molar-refractivity contribution is -0.519. The first-order valence-electron chi connectivity index (χ1n) is 7.53. The Morgan fingerprint density at radius 3 is 1.59 bits per heavy atom. The van der Waals surface area contributed by atoms with Crippen LogP contribution in [0.2, 0.25) is 0 Å². The SMILES string of the molecule is O=S(=O)(O)c1cccc2c(S(=O)(=O)O)cccc12.O=[N+]([O-])C1CNCNC1. The molecule has 11 nitrogen and oxygen atoms in total. The summed E-state index contributed by atoms with van der Waals surface area (Å²) >= 11 is 0. The first-order valence-corrected chi connectivity index (χ1v) is 10.4. The predicted octanol–water partition coefficient (Wildman–Crippen LogP) is 0.115. The van der Waals surface area contributed by atoms with Gasteiger partial charge in [-0.15, -0.1) is 0 Å². The first kappa shape index (κ1) is 21.1. The summed E-state index contributed by atoms with van der Waals surface area (Å²) in [6.45, 7) is 1.66. The smallest absolute Gasteiger partial charge is 0.295 e. The van der Waals surface area contributed by atoms with E-state index in [0.29, 0.717) is 19.8 Å². The minimum Gasteiger partial charge on any atom is -0.298 e. The van der Waals surface area contributed by atoms with Gasteiger partial charge in [0, 0.05) is 22.4 Å². The maximum absolute atomic E-state index is 11.2. The number of rotatable bonds is 3. The number of hydrogen-bond donors (Lipinski definition) is 4. The van der Waals surface area contributed by atoms with Crippen LogP contribution in [-0.2, 0) is 20.2 Å². The van der Waals surface area contributed by atoms with E-state index >= 15 is 0 Å². The molecule has 1 aliphatic heterocycles. The number of nitrogens with one attached hydrogen (secondary N) is 2. The van der Waals surface area contributed by atoms with Gasteiger partial charge in [0.15, 0.2) is 0 Å². The van der Waals surface area contributed by atoms with Gasteiger partial charge < -0.3 is 0 Å². The molecule has 0 aromatic heterocycles. The minimum atomic E-state index is -4.47. The Labute approximate surface area is 155 Å². The Balaban J connectivity index is 0.000000244. The molecule has 27 heavy (non-hydrogen) atoms. The topological polar surface area (TPSA) is 176 Å². The molecule has 0 aliphatic carbocycles. The third-order valence-corrected chi connectivity index (χ3v) is 5.53. The summed E-state index contributed by atoms with van der Waals surface area (Å²) in [7, 11) is -8.94. The zero-order chi connectivity index (χ0) is 20.2. The lowest BCUT2D eigenvalue weighted by Gasteiger charge is -2.16. The average Bonchev–Trinajstić information content (AvgIpc) is 2.60. The van der Waals surface area contributed by atoms with E-state index in [4.69, 9.17) is 9.11 Å². The fraction of sp³-hybridized carbons (Fsp3) is 0.286. The van der Waals surface area contributed by atoms with Crippen molar-refractivity contribution in [1.29, 1.82) is 0 Å². The third-order valence-electron chi connectivity index (χ3n) is 3.71. The largest absolute Gasteiger partial charge is 0.298 e. The van der Waals surface area contributed by atoms with Crippen LogP contribution in [-0.4, -0.2) is 56.7 Å². The van der Waals surface area contributed by atoms with Crippen LogP contribution in [0.15, 0.2) is 46.2 Å². The van der Waals surface area contributed by atoms with Crippen molar-refractivity contribution in [3.05, 3.63) is 46.5 Å². The van der Waals surface area contributed by atoms with Crippen LogP contribution < -0.4 is 10.6 Å². The maximum atomic E-state index is 11.2. The Morgan fingerprint density at radius 1 is 0.889 bits per heavy atom. The molecule has 1 heterocycles. The van der Waals surface area contributed by atoms with Crippen molar-refractivity contribution in [3.8, 4) is 0 Å². The molecule has 0 amide bonds. The monoisotopic (exact) mass is 419 g/mol. The number of hydrogen-bond acceptors (Lipinski definition) is 8. The van der Waals surface area contributed by atoms with E-state index in [1.807, 2.05) is 0 Å². The summed E-state index contributed by atoms with van der Waals surface area (Å²) in [6, 6.07) is 7.08. The van der Waals surface area contributed by atoms with E-state index in [2.05, 4.69) is 10.6 Å². The molecule has 0 unspecified atom stereocenters. The van der Waals surface area contributed by atoms with Gasteiger partial charge >= 0.3 is 0 Å². The highest BCUT2D eigenvalue weighted by Crippen LogP contribution is 2.27. The van der Waals surface area contributed by atoms with E-state index < -0.39 is 36.1 Å². The molecule has 1 saturated heterocycles. The highest BCUT2D eigenvalue weighted by molar-refractivity contribution is 7.86. The van der Waals surface area contributed by atoms with Crippen molar-refractivity contribution in [2.75, 3.05) is 19.8 Å². The third kappa shape index (κ3) is 5.41. The van der Waals surface area contributed by atoms with Gasteiger partial charge in [-0.1, -0.05) is 24.3 Å². The van der Waals surface area contributed by atoms with E-state index in [1.54, 1.807) is 0 Å². The highest BCUT2D eigenvalue weighted by atomic mass is 32.2. The van der Waals surface area contributed by atoms with Crippen LogP contribution in [0.25, 0.3) is 10.8 Å². The lowest BCUT2D eigenvalue weighted by Crippen LogP contribution is -2.50. The van der Waals surface area contributed by atoms with Crippen LogP contribution in [0.5, 0.6) is 0 Å². The number of nitrogens with zero attached hydrogens (tertiary/aromatic N) is 1. The van der Waals surface area contributed by atoms with E-state index in [0.717, 1.165) is 12.1 Å². The van der Waals surface area contributed by atoms with Crippen LogP contribution in [0, 0.1) is 10.1 Å². The summed E-state index contributed by atoms with van der Waals surface area (Å²) in [5.74, 6) is 0. The standard InChI is InChI=1S/C10H8O6S2.C4H9N3O2/c11-17(12,13)9-5-1-3-7-8(9)4-2-6-10(7)18(14,15)16;8-7(9)4-1-5-3-6-2-4/h1-6H,(H,11,12,13)(H,14,15,16);4-6H,1-3H2. The van der Waals surface area contributed by atoms with Gasteiger partial charge in [0.25, 0.3) is 20.2 Å². The summed E-state index contributed by atoms with van der Waals surface area (Å²) in [5, 5.41) is 15.9. The van der Waals surface area contributed by atoms with Crippen molar-refractivity contribution < 1.29 is 30.9 Å². The van der Waals surface area contributed by atoms with Gasteiger partial charge in [0.2, 0.25) is 6.04 Å². The van der Waals surface area contributed by atoms with Gasteiger partial charge in [-0.25, -0.2) is 0 Å². The molecule has 1 fully saturated rings. The number of fused-ring (bicyclic) bond motifs is 1. The van der Waals surface area contributed by atoms with Crippen molar-refractivity contribution in [1.82, 2.24) is 10.6 Å². The molecule has 4 N–H and O–H groups in total. The molecule has 0 atom stereocenters. The quantitative estimate of drug-likeness (QED) is 0.303. The van der Waals surface area contributed by atoms with E-state index in [1.165, 1.54) is 24.3 Å². The van der Waals surface area contributed by atoms with Crippen molar-refractivity contribution in [2.24, 2.45) is 0 Å². The average molecular weight is 419 g/mol. The molecule has 0 saturated carbocycles. The molecule has 2 aromatic rings. The van der Waals surface area contributed by atoms with Gasteiger partial charge in [-0.3, -0.25) is 29.9 Å². The van der Waals surface area contributed by atoms with Gasteiger partial charge in [-0.2, -0.15) is 16.8 Å². The number of benzene rings is 2. The van der Waals surface area contributed by atoms with Crippen LogP contribution in [0.4, 0.5) is 0 Å².